The summed E-state index contributed by atoms with van der Waals surface area (Å²) in [6.45, 7) is 2.20. The van der Waals surface area contributed by atoms with Gasteiger partial charge in [-0.25, -0.2) is 0 Å². The summed E-state index contributed by atoms with van der Waals surface area (Å²) in [4.78, 5) is 0. The first-order valence-electron chi connectivity index (χ1n) is 9.30. The fraction of sp³-hybridized carbons (Fsp3) is 0.120. The molecule has 3 aromatic rings. The summed E-state index contributed by atoms with van der Waals surface area (Å²) in [5.41, 5.74) is 6.59. The summed E-state index contributed by atoms with van der Waals surface area (Å²) in [7, 11) is 0. The molecule has 0 radical (unpaired) electrons. The van der Waals surface area contributed by atoms with Gasteiger partial charge in [0.2, 0.25) is 0 Å². The van der Waals surface area contributed by atoms with Crippen LogP contribution in [0.1, 0.15) is 36.1 Å². The molecule has 0 amide bonds. The van der Waals surface area contributed by atoms with Crippen molar-refractivity contribution in [3.8, 4) is 0 Å². The molecule has 1 aliphatic rings. The molecule has 1 aliphatic carbocycles. The fourth-order valence-electron chi connectivity index (χ4n) is 3.48. The normalized spacial score (nSPS) is 12.3. The van der Waals surface area contributed by atoms with Crippen LogP contribution in [0.3, 0.4) is 0 Å². The van der Waals surface area contributed by atoms with Gasteiger partial charge in [-0.2, -0.15) is 0 Å². The molecule has 0 unspecified atom stereocenters. The molecule has 1 nitrogen and oxygen atoms in total. The summed E-state index contributed by atoms with van der Waals surface area (Å²) in [5, 5.41) is 0. The Kier molecular flexibility index (Phi) is 9.42. The van der Waals surface area contributed by atoms with Crippen molar-refractivity contribution in [1.82, 2.24) is 0 Å². The Morgan fingerprint density at radius 1 is 0.759 bits per heavy atom. The molecule has 0 fully saturated rings. The van der Waals surface area contributed by atoms with Gasteiger partial charge in [-0.15, -0.1) is 0 Å². The van der Waals surface area contributed by atoms with Gasteiger partial charge < -0.3 is 24.8 Å². The molecule has 0 heterocycles. The second-order valence-corrected chi connectivity index (χ2v) is 8.26. The molecule has 4 rings (SSSR count). The van der Waals surface area contributed by atoms with Crippen molar-refractivity contribution >= 4 is 9.44 Å². The summed E-state index contributed by atoms with van der Waals surface area (Å²) in [6, 6.07) is 29.8. The van der Waals surface area contributed by atoms with Crippen molar-refractivity contribution in [3.63, 3.8) is 0 Å². The third-order valence-corrected chi connectivity index (χ3v) is 6.49. The Hall–Kier alpha value is -1.61. The largest absolute Gasteiger partial charge is 1.00 e. The molecule has 0 saturated carbocycles. The zero-order chi connectivity index (χ0) is 18.5. The average molecular weight is 457 g/mol. The molecule has 0 aliphatic heterocycles. The van der Waals surface area contributed by atoms with Crippen LogP contribution in [-0.2, 0) is 22.9 Å². The molecule has 4 heteroatoms. The molecule has 0 spiro atoms. The number of hydrogen-bond acceptors (Lipinski definition) is 1. The Morgan fingerprint density at radius 3 is 1.86 bits per heavy atom. The van der Waals surface area contributed by atoms with Crippen molar-refractivity contribution in [2.75, 3.05) is 0 Å². The minimum Gasteiger partial charge on any atom is -1.00 e. The quantitative estimate of drug-likeness (QED) is 0.469. The van der Waals surface area contributed by atoms with E-state index in [4.69, 9.17) is 3.32 Å². The molecular weight excluding hydrogens is 435 g/mol. The maximum Gasteiger partial charge on any atom is -1.00 e. The zero-order valence-electron chi connectivity index (χ0n) is 16.2. The first-order valence-corrected chi connectivity index (χ1v) is 10.7. The van der Waals surface area contributed by atoms with Crippen LogP contribution in [0.5, 0.6) is 0 Å². The van der Waals surface area contributed by atoms with E-state index >= 15 is 0 Å². The summed E-state index contributed by atoms with van der Waals surface area (Å²) < 4.78 is 7.99. The first kappa shape index (κ1) is 23.7. The van der Waals surface area contributed by atoms with Crippen LogP contribution >= 0.6 is 0 Å². The summed E-state index contributed by atoms with van der Waals surface area (Å²) >= 11 is -0.746. The van der Waals surface area contributed by atoms with E-state index in [9.17, 15) is 0 Å². The molecule has 0 bridgehead atoms. The van der Waals surface area contributed by atoms with E-state index in [0.717, 1.165) is 6.42 Å². The van der Waals surface area contributed by atoms with E-state index in [2.05, 4.69) is 104 Å². The van der Waals surface area contributed by atoms with Crippen molar-refractivity contribution in [3.05, 3.63) is 119 Å². The maximum absolute atomic E-state index is 6.62. The molecular formula is C25H22Cl2OTi. The standard InChI is InChI=1S/C13H11O.C12H11.2ClH.Ti/c14-13(11-7-3-1-4-8-11)12-9-5-2-6-10-12;1-10-6-5-9-12(10)11-7-3-2-4-8-11;;;/h1-10,13H;2-7H,9H2,1H3;2*1H;/q-1;;;;+3/p-2. The molecule has 0 N–H and O–H groups in total. The van der Waals surface area contributed by atoms with Gasteiger partial charge in [0.05, 0.1) is 0 Å². The van der Waals surface area contributed by atoms with Crippen LogP contribution in [0.4, 0.5) is 0 Å². The first-order chi connectivity index (χ1) is 13.3. The van der Waals surface area contributed by atoms with Crippen LogP contribution in [0.25, 0.3) is 5.57 Å². The minimum atomic E-state index is -0.746. The van der Waals surface area contributed by atoms with Crippen molar-refractivity contribution in [2.45, 2.75) is 19.4 Å². The molecule has 3 aromatic carbocycles. The van der Waals surface area contributed by atoms with Crippen molar-refractivity contribution in [2.24, 2.45) is 0 Å². The van der Waals surface area contributed by atoms with Gasteiger partial charge in [-0.05, 0) is 0 Å². The number of allylic oxidation sites excluding steroid dienone is 4. The third kappa shape index (κ3) is 5.72. The van der Waals surface area contributed by atoms with E-state index < -0.39 is 19.5 Å². The van der Waals surface area contributed by atoms with E-state index in [0.29, 0.717) is 0 Å². The molecule has 0 atom stereocenters. The van der Waals surface area contributed by atoms with Crippen molar-refractivity contribution in [1.29, 1.82) is 0 Å². The maximum atomic E-state index is 6.62. The Morgan fingerprint density at radius 2 is 1.31 bits per heavy atom. The van der Waals surface area contributed by atoms with E-state index in [1.54, 1.807) is 0 Å². The SMILES string of the molecule is CC1=C(c2cccc[c]2[Ti+2][O]C(c2ccccc2)c2ccccc2)CC=C1.[Cl-].[Cl-]. The Labute approximate surface area is 195 Å². The van der Waals surface area contributed by atoms with Gasteiger partial charge in [-0.1, -0.05) is 0 Å². The second-order valence-electron chi connectivity index (χ2n) is 6.73. The van der Waals surface area contributed by atoms with Crippen LogP contribution in [0, 0.1) is 0 Å². The smallest absolute Gasteiger partial charge is 1.00 e. The van der Waals surface area contributed by atoms with Gasteiger partial charge in [0.1, 0.15) is 0 Å². The Bertz CT molecular complexity index is 929. The van der Waals surface area contributed by atoms with Crippen LogP contribution in [0.2, 0.25) is 0 Å². The monoisotopic (exact) mass is 456 g/mol. The number of halogens is 2. The average Bonchev–Trinajstić information content (AvgIpc) is 3.16. The molecule has 146 valence electrons. The predicted molar refractivity (Wildman–Crippen MR) is 108 cm³/mol. The summed E-state index contributed by atoms with van der Waals surface area (Å²) in [6.07, 6.45) is 5.48. The molecule has 29 heavy (non-hydrogen) atoms. The van der Waals surface area contributed by atoms with Crippen LogP contribution in [0.15, 0.2) is 103 Å². The Balaban J connectivity index is 0.00000150. The van der Waals surface area contributed by atoms with Gasteiger partial charge >= 0.3 is 171 Å². The number of benzene rings is 3. The second kappa shape index (κ2) is 11.5. The van der Waals surface area contributed by atoms with E-state index in [-0.39, 0.29) is 30.9 Å². The van der Waals surface area contributed by atoms with Crippen molar-refractivity contribution < 1.29 is 47.7 Å². The van der Waals surface area contributed by atoms with E-state index in [1.807, 2.05) is 0 Å². The minimum absolute atomic E-state index is 0. The zero-order valence-corrected chi connectivity index (χ0v) is 19.3. The summed E-state index contributed by atoms with van der Waals surface area (Å²) in [5.74, 6) is 0. The van der Waals surface area contributed by atoms with Gasteiger partial charge in [-0.3, -0.25) is 0 Å². The van der Waals surface area contributed by atoms with Crippen LogP contribution in [-0.4, -0.2) is 0 Å². The van der Waals surface area contributed by atoms with Gasteiger partial charge in [0, 0.05) is 0 Å². The van der Waals surface area contributed by atoms with E-state index in [1.165, 1.54) is 31.7 Å². The van der Waals surface area contributed by atoms with Gasteiger partial charge in [0.25, 0.3) is 0 Å². The molecule has 0 saturated heterocycles. The van der Waals surface area contributed by atoms with Gasteiger partial charge in [0.15, 0.2) is 0 Å². The van der Waals surface area contributed by atoms with Crippen LogP contribution < -0.4 is 28.7 Å². The predicted octanol–water partition coefficient (Wildman–Crippen LogP) is -0.143. The third-order valence-electron chi connectivity index (χ3n) is 4.91. The number of hydrogen-bond donors (Lipinski definition) is 0. The number of rotatable bonds is 6. The molecule has 0 aromatic heterocycles. The fourth-order valence-corrected chi connectivity index (χ4v) is 5.08. The topological polar surface area (TPSA) is 9.23 Å².